The summed E-state index contributed by atoms with van der Waals surface area (Å²) in [6.07, 6.45) is 0.107. The van der Waals surface area contributed by atoms with Crippen LogP contribution in [0.4, 0.5) is 5.69 Å². The van der Waals surface area contributed by atoms with Crippen LogP contribution in [-0.4, -0.2) is 38.4 Å². The molecule has 0 N–H and O–H groups in total. The molecular formula is C21H22N2O5. The zero-order valence-corrected chi connectivity index (χ0v) is 16.0. The topological polar surface area (TPSA) is 77.4 Å². The maximum absolute atomic E-state index is 12.8. The van der Waals surface area contributed by atoms with Gasteiger partial charge in [-0.3, -0.25) is 4.79 Å². The van der Waals surface area contributed by atoms with Crippen LogP contribution in [0.1, 0.15) is 24.8 Å². The molecule has 0 aromatic heterocycles. The summed E-state index contributed by atoms with van der Waals surface area (Å²) in [4.78, 5) is 25.3. The first-order chi connectivity index (χ1) is 13.6. The number of hydrazone groups is 1. The van der Waals surface area contributed by atoms with Crippen LogP contribution in [-0.2, 0) is 14.3 Å². The van der Waals surface area contributed by atoms with Crippen LogP contribution in [0.5, 0.6) is 11.5 Å². The van der Waals surface area contributed by atoms with Crippen LogP contribution in [0.15, 0.2) is 53.6 Å². The Morgan fingerprint density at radius 1 is 1.04 bits per heavy atom. The summed E-state index contributed by atoms with van der Waals surface area (Å²) in [5, 5.41) is 5.60. The number of carbonyl (C=O) groups is 2. The molecular weight excluding hydrogens is 360 g/mol. The van der Waals surface area contributed by atoms with E-state index in [1.807, 2.05) is 12.1 Å². The highest BCUT2D eigenvalue weighted by molar-refractivity contribution is 6.40. The molecule has 0 unspecified atom stereocenters. The molecule has 1 amide bonds. The van der Waals surface area contributed by atoms with E-state index in [4.69, 9.17) is 14.2 Å². The molecule has 3 rings (SSSR count). The summed E-state index contributed by atoms with van der Waals surface area (Å²) in [5.74, 6) is 0.139. The highest BCUT2D eigenvalue weighted by Gasteiger charge is 2.36. The summed E-state index contributed by atoms with van der Waals surface area (Å²) in [7, 11) is 3.15. The average Bonchev–Trinajstić information content (AvgIpc) is 2.74. The Morgan fingerprint density at radius 2 is 1.61 bits per heavy atom. The Morgan fingerprint density at radius 3 is 2.14 bits per heavy atom. The molecule has 0 saturated carbocycles. The first kappa shape index (κ1) is 19.4. The Hall–Kier alpha value is -3.35. The SMILES string of the molecule is CCOC(=O)C1=NN(c2ccc(OC)cc2)C(=O)C[C@H]1c1ccc(OC)cc1. The van der Waals surface area contributed by atoms with Crippen molar-refractivity contribution in [3.8, 4) is 11.5 Å². The highest BCUT2D eigenvalue weighted by atomic mass is 16.5. The molecule has 0 radical (unpaired) electrons. The van der Waals surface area contributed by atoms with E-state index < -0.39 is 11.9 Å². The number of hydrogen-bond donors (Lipinski definition) is 0. The van der Waals surface area contributed by atoms with Gasteiger partial charge >= 0.3 is 5.97 Å². The molecule has 0 saturated heterocycles. The minimum atomic E-state index is -0.533. The zero-order valence-electron chi connectivity index (χ0n) is 16.0. The van der Waals surface area contributed by atoms with Gasteiger partial charge in [0, 0.05) is 12.3 Å². The van der Waals surface area contributed by atoms with Crippen molar-refractivity contribution in [2.45, 2.75) is 19.3 Å². The van der Waals surface area contributed by atoms with Gasteiger partial charge in [-0.05, 0) is 48.9 Å². The molecule has 1 aliphatic heterocycles. The van der Waals surface area contributed by atoms with E-state index in [2.05, 4.69) is 5.10 Å². The van der Waals surface area contributed by atoms with Crippen molar-refractivity contribution in [3.63, 3.8) is 0 Å². The fraction of sp³-hybridized carbons (Fsp3) is 0.286. The van der Waals surface area contributed by atoms with Gasteiger partial charge in [-0.15, -0.1) is 0 Å². The smallest absolute Gasteiger partial charge is 0.355 e. The zero-order chi connectivity index (χ0) is 20.1. The predicted octanol–water partition coefficient (Wildman–Crippen LogP) is 3.14. The lowest BCUT2D eigenvalue weighted by Crippen LogP contribution is -2.39. The minimum absolute atomic E-state index is 0.107. The number of amides is 1. The lowest BCUT2D eigenvalue weighted by molar-refractivity contribution is -0.135. The second kappa shape index (κ2) is 8.56. The van der Waals surface area contributed by atoms with Crippen molar-refractivity contribution in [2.24, 2.45) is 5.10 Å². The van der Waals surface area contributed by atoms with Crippen molar-refractivity contribution < 1.29 is 23.8 Å². The van der Waals surface area contributed by atoms with E-state index in [1.54, 1.807) is 57.5 Å². The van der Waals surface area contributed by atoms with Crippen molar-refractivity contribution in [1.82, 2.24) is 0 Å². The minimum Gasteiger partial charge on any atom is -0.497 e. The fourth-order valence-corrected chi connectivity index (χ4v) is 3.02. The lowest BCUT2D eigenvalue weighted by Gasteiger charge is -2.28. The summed E-state index contributed by atoms with van der Waals surface area (Å²) < 4.78 is 15.5. The van der Waals surface area contributed by atoms with E-state index in [0.29, 0.717) is 17.2 Å². The van der Waals surface area contributed by atoms with Crippen molar-refractivity contribution >= 4 is 23.3 Å². The van der Waals surface area contributed by atoms with E-state index in [1.165, 1.54) is 5.01 Å². The molecule has 0 fully saturated rings. The predicted molar refractivity (Wildman–Crippen MR) is 105 cm³/mol. The molecule has 7 heteroatoms. The van der Waals surface area contributed by atoms with E-state index in [9.17, 15) is 9.59 Å². The summed E-state index contributed by atoms with van der Waals surface area (Å²) >= 11 is 0. The summed E-state index contributed by atoms with van der Waals surface area (Å²) in [6, 6.07) is 14.1. The largest absolute Gasteiger partial charge is 0.497 e. The van der Waals surface area contributed by atoms with Crippen LogP contribution in [0.3, 0.4) is 0 Å². The molecule has 28 heavy (non-hydrogen) atoms. The van der Waals surface area contributed by atoms with E-state index >= 15 is 0 Å². The first-order valence-corrected chi connectivity index (χ1v) is 8.94. The molecule has 0 bridgehead atoms. The third-order valence-corrected chi connectivity index (χ3v) is 4.47. The second-order valence-corrected chi connectivity index (χ2v) is 6.14. The number of benzene rings is 2. The quantitative estimate of drug-likeness (QED) is 0.718. The van der Waals surface area contributed by atoms with Crippen molar-refractivity contribution in [3.05, 3.63) is 54.1 Å². The summed E-state index contributed by atoms with van der Waals surface area (Å²) in [5.41, 5.74) is 1.55. The van der Waals surface area contributed by atoms with Gasteiger partial charge in [-0.1, -0.05) is 12.1 Å². The monoisotopic (exact) mass is 382 g/mol. The Kier molecular flexibility index (Phi) is 5.93. The van der Waals surface area contributed by atoms with Gasteiger partial charge in [0.25, 0.3) is 0 Å². The molecule has 0 spiro atoms. The molecule has 0 aliphatic carbocycles. The van der Waals surface area contributed by atoms with Gasteiger partial charge in [0.1, 0.15) is 11.5 Å². The van der Waals surface area contributed by atoms with Gasteiger partial charge in [0.2, 0.25) is 5.91 Å². The first-order valence-electron chi connectivity index (χ1n) is 8.94. The number of methoxy groups -OCH3 is 2. The van der Waals surface area contributed by atoms with Crippen LogP contribution >= 0.6 is 0 Å². The normalized spacial score (nSPS) is 16.4. The molecule has 1 atom stereocenters. The number of anilines is 1. The molecule has 7 nitrogen and oxygen atoms in total. The number of ether oxygens (including phenoxy) is 3. The Labute approximate surface area is 163 Å². The maximum Gasteiger partial charge on any atom is 0.355 e. The van der Waals surface area contributed by atoms with Gasteiger partial charge in [-0.2, -0.15) is 5.10 Å². The average molecular weight is 382 g/mol. The lowest BCUT2D eigenvalue weighted by atomic mass is 9.89. The maximum atomic E-state index is 12.8. The van der Waals surface area contributed by atoms with Gasteiger partial charge < -0.3 is 14.2 Å². The standard InChI is InChI=1S/C21H22N2O5/c1-4-28-21(25)20-18(14-5-9-16(26-2)10-6-14)13-19(24)23(22-20)15-7-11-17(27-3)12-8-15/h5-12,18H,4,13H2,1-3H3/t18-/m0/s1. The molecule has 2 aromatic rings. The number of hydrogen-bond acceptors (Lipinski definition) is 6. The number of esters is 1. The molecule has 2 aromatic carbocycles. The van der Waals surface area contributed by atoms with Crippen LogP contribution < -0.4 is 14.5 Å². The molecule has 146 valence electrons. The number of rotatable bonds is 6. The van der Waals surface area contributed by atoms with Crippen LogP contribution in [0.2, 0.25) is 0 Å². The molecule has 1 aliphatic rings. The highest BCUT2D eigenvalue weighted by Crippen LogP contribution is 2.31. The second-order valence-electron chi connectivity index (χ2n) is 6.14. The molecule has 1 heterocycles. The van der Waals surface area contributed by atoms with Crippen LogP contribution in [0, 0.1) is 0 Å². The van der Waals surface area contributed by atoms with Gasteiger partial charge in [-0.25, -0.2) is 9.80 Å². The van der Waals surface area contributed by atoms with Gasteiger partial charge in [0.15, 0.2) is 5.71 Å². The fourth-order valence-electron chi connectivity index (χ4n) is 3.02. The number of nitrogens with zero attached hydrogens (tertiary/aromatic N) is 2. The van der Waals surface area contributed by atoms with E-state index in [0.717, 1.165) is 5.56 Å². The Bertz CT molecular complexity index is 875. The van der Waals surface area contributed by atoms with Crippen LogP contribution in [0.25, 0.3) is 0 Å². The van der Waals surface area contributed by atoms with E-state index in [-0.39, 0.29) is 24.6 Å². The Balaban J connectivity index is 1.99. The van der Waals surface area contributed by atoms with Crippen molar-refractivity contribution in [1.29, 1.82) is 0 Å². The third-order valence-electron chi connectivity index (χ3n) is 4.47. The van der Waals surface area contributed by atoms with Gasteiger partial charge in [0.05, 0.1) is 26.5 Å². The number of carbonyl (C=O) groups excluding carboxylic acids is 2. The third kappa shape index (κ3) is 3.98. The summed E-state index contributed by atoms with van der Waals surface area (Å²) in [6.45, 7) is 1.96. The van der Waals surface area contributed by atoms with Crippen molar-refractivity contribution in [2.75, 3.05) is 25.8 Å².